The Bertz CT molecular complexity index is 756. The zero-order valence-corrected chi connectivity index (χ0v) is 13.5. The van der Waals surface area contributed by atoms with Gasteiger partial charge in [0.25, 0.3) is 5.91 Å². The number of aliphatic hydroxyl groups excluding tert-OH is 1. The van der Waals surface area contributed by atoms with Crippen LogP contribution >= 0.6 is 0 Å². The summed E-state index contributed by atoms with van der Waals surface area (Å²) in [6.07, 6.45) is 0.418. The Morgan fingerprint density at radius 3 is 2.28 bits per heavy atom. The molecule has 1 amide bonds. The van der Waals surface area contributed by atoms with Crippen molar-refractivity contribution in [3.05, 3.63) is 65.2 Å². The number of likely N-dealkylation sites (tertiary alicyclic amines) is 1. The monoisotopic (exact) mass is 347 g/mol. The maximum Gasteiger partial charge on any atom is 0.257 e. The van der Waals surface area contributed by atoms with Crippen LogP contribution in [0.2, 0.25) is 0 Å². The summed E-state index contributed by atoms with van der Waals surface area (Å²) in [7, 11) is 0. The molecular formula is C19H19F2NO3. The van der Waals surface area contributed by atoms with Gasteiger partial charge in [-0.25, -0.2) is 8.78 Å². The normalized spacial score (nSPS) is 16.7. The van der Waals surface area contributed by atoms with Crippen molar-refractivity contribution in [1.29, 1.82) is 0 Å². The predicted molar refractivity (Wildman–Crippen MR) is 88.1 cm³/mol. The first-order valence-electron chi connectivity index (χ1n) is 8.17. The third-order valence-electron chi connectivity index (χ3n) is 4.67. The van der Waals surface area contributed by atoms with E-state index in [2.05, 4.69) is 0 Å². The molecule has 0 saturated carbocycles. The number of carbonyl (C=O) groups is 1. The number of benzene rings is 2. The van der Waals surface area contributed by atoms with Crippen molar-refractivity contribution in [1.82, 2.24) is 4.90 Å². The highest BCUT2D eigenvalue weighted by Gasteiger charge is 2.29. The number of aliphatic hydroxyl groups is 1. The Labute approximate surface area is 144 Å². The van der Waals surface area contributed by atoms with E-state index < -0.39 is 17.8 Å². The van der Waals surface area contributed by atoms with Gasteiger partial charge in [-0.05, 0) is 54.7 Å². The van der Waals surface area contributed by atoms with E-state index in [1.165, 1.54) is 12.1 Å². The highest BCUT2D eigenvalue weighted by molar-refractivity contribution is 5.96. The molecule has 2 aromatic carbocycles. The predicted octanol–water partition coefficient (Wildman–Crippen LogP) is 3.26. The van der Waals surface area contributed by atoms with E-state index in [-0.39, 0.29) is 23.0 Å². The molecule has 2 aromatic rings. The molecule has 0 aliphatic carbocycles. The molecule has 1 fully saturated rings. The van der Waals surface area contributed by atoms with Crippen LogP contribution in [0.5, 0.6) is 5.75 Å². The van der Waals surface area contributed by atoms with Crippen molar-refractivity contribution in [3.8, 4) is 5.75 Å². The summed E-state index contributed by atoms with van der Waals surface area (Å²) < 4.78 is 26.3. The number of carbonyl (C=O) groups excluding carboxylic acids is 1. The molecular weight excluding hydrogens is 328 g/mol. The number of amides is 1. The number of rotatable bonds is 3. The van der Waals surface area contributed by atoms with Crippen LogP contribution < -0.4 is 0 Å². The largest absolute Gasteiger partial charge is 0.507 e. The van der Waals surface area contributed by atoms with Gasteiger partial charge in [-0.15, -0.1) is 0 Å². The number of phenols is 1. The topological polar surface area (TPSA) is 60.8 Å². The van der Waals surface area contributed by atoms with Crippen LogP contribution in [-0.2, 0) is 0 Å². The third-order valence-corrected chi connectivity index (χ3v) is 4.67. The molecule has 1 heterocycles. The van der Waals surface area contributed by atoms with Crippen molar-refractivity contribution in [3.63, 3.8) is 0 Å². The van der Waals surface area contributed by atoms with Gasteiger partial charge in [-0.3, -0.25) is 4.79 Å². The first kappa shape index (κ1) is 17.4. The first-order valence-corrected chi connectivity index (χ1v) is 8.17. The molecule has 132 valence electrons. The van der Waals surface area contributed by atoms with Gasteiger partial charge in [-0.2, -0.15) is 0 Å². The number of halogens is 2. The van der Waals surface area contributed by atoms with Crippen molar-refractivity contribution in [2.75, 3.05) is 13.1 Å². The van der Waals surface area contributed by atoms with Gasteiger partial charge in [-0.1, -0.05) is 12.1 Å². The van der Waals surface area contributed by atoms with Crippen LogP contribution in [0, 0.1) is 17.6 Å². The van der Waals surface area contributed by atoms with E-state index in [9.17, 15) is 23.8 Å². The van der Waals surface area contributed by atoms with Crippen molar-refractivity contribution in [2.24, 2.45) is 5.92 Å². The van der Waals surface area contributed by atoms with Crippen molar-refractivity contribution in [2.45, 2.75) is 18.9 Å². The summed E-state index contributed by atoms with van der Waals surface area (Å²) in [4.78, 5) is 14.0. The lowest BCUT2D eigenvalue weighted by molar-refractivity contribution is 0.0460. The van der Waals surface area contributed by atoms with Gasteiger partial charge in [0.05, 0.1) is 11.7 Å². The number of nitrogens with zero attached hydrogens (tertiary/aromatic N) is 1. The minimum Gasteiger partial charge on any atom is -0.507 e. The number of phenolic OH excluding ortho intramolecular Hbond substituents is 1. The molecule has 1 aliphatic rings. The SMILES string of the molecule is O=C(c1cc(F)ccc1O)N1CCC(C(O)c2ccc(F)cc2)CC1. The summed E-state index contributed by atoms with van der Waals surface area (Å²) >= 11 is 0. The fourth-order valence-corrected chi connectivity index (χ4v) is 3.20. The van der Waals surface area contributed by atoms with Gasteiger partial charge >= 0.3 is 0 Å². The molecule has 6 heteroatoms. The fraction of sp³-hybridized carbons (Fsp3) is 0.316. The Morgan fingerprint density at radius 2 is 1.64 bits per heavy atom. The Hall–Kier alpha value is -2.47. The molecule has 0 aromatic heterocycles. The van der Waals surface area contributed by atoms with Gasteiger partial charge in [0, 0.05) is 13.1 Å². The fourth-order valence-electron chi connectivity index (χ4n) is 3.20. The van der Waals surface area contributed by atoms with E-state index in [1.807, 2.05) is 0 Å². The van der Waals surface area contributed by atoms with Crippen LogP contribution in [0.4, 0.5) is 8.78 Å². The number of hydrogen-bond acceptors (Lipinski definition) is 3. The molecule has 3 rings (SSSR count). The third kappa shape index (κ3) is 3.79. The molecule has 0 bridgehead atoms. The summed E-state index contributed by atoms with van der Waals surface area (Å²) in [6.45, 7) is 0.801. The zero-order valence-electron chi connectivity index (χ0n) is 13.5. The Kier molecular flexibility index (Phi) is 4.99. The van der Waals surface area contributed by atoms with E-state index in [1.54, 1.807) is 17.0 Å². The van der Waals surface area contributed by atoms with E-state index in [0.29, 0.717) is 31.5 Å². The van der Waals surface area contributed by atoms with Gasteiger partial charge in [0.15, 0.2) is 0 Å². The lowest BCUT2D eigenvalue weighted by Crippen LogP contribution is -2.39. The summed E-state index contributed by atoms with van der Waals surface area (Å²) in [5.74, 6) is -1.66. The van der Waals surface area contributed by atoms with Crippen molar-refractivity contribution < 1.29 is 23.8 Å². The minimum atomic E-state index is -0.722. The maximum absolute atomic E-state index is 13.3. The summed E-state index contributed by atoms with van der Waals surface area (Å²) in [5, 5.41) is 20.2. The van der Waals surface area contributed by atoms with Gasteiger partial charge in [0.2, 0.25) is 0 Å². The second-order valence-electron chi connectivity index (χ2n) is 6.29. The minimum absolute atomic E-state index is 0.0457. The van der Waals surface area contributed by atoms with Crippen molar-refractivity contribution >= 4 is 5.91 Å². The Balaban J connectivity index is 1.64. The van der Waals surface area contributed by atoms with Crippen LogP contribution in [0.25, 0.3) is 0 Å². The average molecular weight is 347 g/mol. The lowest BCUT2D eigenvalue weighted by atomic mass is 9.87. The van der Waals surface area contributed by atoms with E-state index in [0.717, 1.165) is 18.2 Å². The molecule has 0 radical (unpaired) electrons. The number of hydrogen-bond donors (Lipinski definition) is 2. The van der Waals surface area contributed by atoms with E-state index >= 15 is 0 Å². The quantitative estimate of drug-likeness (QED) is 0.896. The molecule has 25 heavy (non-hydrogen) atoms. The molecule has 2 N–H and O–H groups in total. The number of aromatic hydroxyl groups is 1. The van der Waals surface area contributed by atoms with Crippen LogP contribution in [0.15, 0.2) is 42.5 Å². The second kappa shape index (κ2) is 7.19. The highest BCUT2D eigenvalue weighted by Crippen LogP contribution is 2.32. The molecule has 1 aliphatic heterocycles. The molecule has 1 saturated heterocycles. The molecule has 1 unspecified atom stereocenters. The Morgan fingerprint density at radius 1 is 1.04 bits per heavy atom. The van der Waals surface area contributed by atoms with Crippen LogP contribution in [0.1, 0.15) is 34.9 Å². The maximum atomic E-state index is 13.3. The second-order valence-corrected chi connectivity index (χ2v) is 6.29. The lowest BCUT2D eigenvalue weighted by Gasteiger charge is -2.34. The molecule has 4 nitrogen and oxygen atoms in total. The van der Waals surface area contributed by atoms with Gasteiger partial charge in [0.1, 0.15) is 17.4 Å². The van der Waals surface area contributed by atoms with Gasteiger partial charge < -0.3 is 15.1 Å². The summed E-state index contributed by atoms with van der Waals surface area (Å²) in [6, 6.07) is 9.01. The smallest absolute Gasteiger partial charge is 0.257 e. The number of piperidine rings is 1. The van der Waals surface area contributed by atoms with E-state index in [4.69, 9.17) is 0 Å². The first-order chi connectivity index (χ1) is 12.0. The highest BCUT2D eigenvalue weighted by atomic mass is 19.1. The standard InChI is InChI=1S/C19H19F2NO3/c20-14-3-1-12(2-4-14)18(24)13-7-9-22(10-8-13)19(25)16-11-15(21)5-6-17(16)23/h1-6,11,13,18,23-24H,7-10H2. The van der Waals surface area contributed by atoms with Crippen LogP contribution in [0.3, 0.4) is 0 Å². The van der Waals surface area contributed by atoms with Crippen LogP contribution in [-0.4, -0.2) is 34.1 Å². The average Bonchev–Trinajstić information content (AvgIpc) is 2.63. The molecule has 0 spiro atoms. The summed E-state index contributed by atoms with van der Waals surface area (Å²) in [5.41, 5.74) is 0.589. The zero-order chi connectivity index (χ0) is 18.0. The molecule has 1 atom stereocenters.